The number of halogens is 2. The fourth-order valence-corrected chi connectivity index (χ4v) is 4.28. The molecule has 1 aliphatic rings. The standard InChI is InChI=1S/C23H24Cl2N4O3/c1-27-7-9-28(10-8-27)14-22(30)26-19-3-2-4-20-16(19)12-21(23(31)32)29(20)13-15-5-6-17(24)18(25)11-15/h2-6,11-12H,7-10,13-14H2,1H3,(H,26,30)(H,31,32). The maximum absolute atomic E-state index is 12.7. The van der Waals surface area contributed by atoms with Crippen LogP contribution >= 0.6 is 23.2 Å². The molecular weight excluding hydrogens is 451 g/mol. The molecule has 168 valence electrons. The first-order valence-corrected chi connectivity index (χ1v) is 11.1. The number of likely N-dealkylation sites (N-methyl/N-ethyl adjacent to an activating group) is 1. The first-order valence-electron chi connectivity index (χ1n) is 10.3. The number of benzene rings is 2. The van der Waals surface area contributed by atoms with Gasteiger partial charge in [-0.25, -0.2) is 4.79 Å². The molecule has 0 aliphatic carbocycles. The van der Waals surface area contributed by atoms with Crippen LogP contribution in [0.1, 0.15) is 16.1 Å². The Morgan fingerprint density at radius 3 is 2.47 bits per heavy atom. The molecule has 0 atom stereocenters. The summed E-state index contributed by atoms with van der Waals surface area (Å²) in [6.45, 7) is 4.17. The van der Waals surface area contributed by atoms with Crippen molar-refractivity contribution in [2.24, 2.45) is 0 Å². The van der Waals surface area contributed by atoms with E-state index in [1.165, 1.54) is 0 Å². The number of piperazine rings is 1. The number of aromatic carboxylic acids is 1. The number of rotatable bonds is 6. The molecule has 2 N–H and O–H groups in total. The Kier molecular flexibility index (Phi) is 6.71. The van der Waals surface area contributed by atoms with Gasteiger partial charge in [-0.2, -0.15) is 0 Å². The van der Waals surface area contributed by atoms with Gasteiger partial charge < -0.3 is 19.9 Å². The molecule has 0 spiro atoms. The zero-order chi connectivity index (χ0) is 22.8. The lowest BCUT2D eigenvalue weighted by atomic mass is 10.2. The molecule has 0 radical (unpaired) electrons. The highest BCUT2D eigenvalue weighted by atomic mass is 35.5. The molecule has 2 heterocycles. The Morgan fingerprint density at radius 2 is 1.78 bits per heavy atom. The number of nitrogens with one attached hydrogen (secondary N) is 1. The van der Waals surface area contributed by atoms with Crippen LogP contribution in [0.25, 0.3) is 10.9 Å². The lowest BCUT2D eigenvalue weighted by molar-refractivity contribution is -0.117. The van der Waals surface area contributed by atoms with Crippen molar-refractivity contribution >= 4 is 51.7 Å². The van der Waals surface area contributed by atoms with Crippen LogP contribution in [0.4, 0.5) is 5.69 Å². The zero-order valence-corrected chi connectivity index (χ0v) is 19.2. The topological polar surface area (TPSA) is 77.8 Å². The summed E-state index contributed by atoms with van der Waals surface area (Å²) in [5.74, 6) is -1.16. The van der Waals surface area contributed by atoms with Crippen LogP contribution in [0.2, 0.25) is 10.0 Å². The molecule has 1 saturated heterocycles. The van der Waals surface area contributed by atoms with Gasteiger partial charge in [0.2, 0.25) is 5.91 Å². The largest absolute Gasteiger partial charge is 0.477 e. The first kappa shape index (κ1) is 22.6. The van der Waals surface area contributed by atoms with Crippen LogP contribution in [0, 0.1) is 0 Å². The van der Waals surface area contributed by atoms with E-state index in [1.54, 1.807) is 28.8 Å². The zero-order valence-electron chi connectivity index (χ0n) is 17.6. The number of carbonyl (C=O) groups is 2. The molecular formula is C23H24Cl2N4O3. The van der Waals surface area contributed by atoms with Gasteiger partial charge in [-0.05, 0) is 42.9 Å². The average molecular weight is 475 g/mol. The van der Waals surface area contributed by atoms with Crippen LogP contribution in [0.3, 0.4) is 0 Å². The van der Waals surface area contributed by atoms with E-state index in [2.05, 4.69) is 22.2 Å². The molecule has 0 saturated carbocycles. The van der Waals surface area contributed by atoms with Crippen LogP contribution in [0.5, 0.6) is 0 Å². The molecule has 3 aromatic rings. The number of aromatic nitrogens is 1. The molecule has 32 heavy (non-hydrogen) atoms. The Hall–Kier alpha value is -2.58. The number of carbonyl (C=O) groups excluding carboxylic acids is 1. The maximum Gasteiger partial charge on any atom is 0.352 e. The second-order valence-corrected chi connectivity index (χ2v) is 8.85. The highest BCUT2D eigenvalue weighted by molar-refractivity contribution is 6.42. The fraction of sp³-hybridized carbons (Fsp3) is 0.304. The summed E-state index contributed by atoms with van der Waals surface area (Å²) < 4.78 is 1.70. The average Bonchev–Trinajstić information content (AvgIpc) is 3.12. The molecule has 7 nitrogen and oxygen atoms in total. The van der Waals surface area contributed by atoms with Crippen LogP contribution < -0.4 is 5.32 Å². The molecule has 9 heteroatoms. The maximum atomic E-state index is 12.7. The molecule has 1 aromatic heterocycles. The predicted octanol–water partition coefficient (Wildman–Crippen LogP) is 3.88. The minimum absolute atomic E-state index is 0.115. The lowest BCUT2D eigenvalue weighted by Gasteiger charge is -2.31. The normalized spacial score (nSPS) is 15.2. The quantitative estimate of drug-likeness (QED) is 0.566. The number of carboxylic acids is 1. The summed E-state index contributed by atoms with van der Waals surface area (Å²) in [6, 6.07) is 12.3. The van der Waals surface area contributed by atoms with Crippen LogP contribution in [-0.4, -0.2) is 71.1 Å². The SMILES string of the molecule is CN1CCN(CC(=O)Nc2cccc3c2cc(C(=O)O)n3Cc2ccc(Cl)c(Cl)c2)CC1. The Balaban J connectivity index is 1.61. The summed E-state index contributed by atoms with van der Waals surface area (Å²) in [5.41, 5.74) is 2.26. The van der Waals surface area contributed by atoms with E-state index in [0.717, 1.165) is 31.7 Å². The molecule has 0 unspecified atom stereocenters. The van der Waals surface area contributed by atoms with Crippen LogP contribution in [0.15, 0.2) is 42.5 Å². The van der Waals surface area contributed by atoms with Gasteiger partial charge in [0.05, 0.1) is 27.8 Å². The summed E-state index contributed by atoms with van der Waals surface area (Å²) in [4.78, 5) is 29.0. The van der Waals surface area contributed by atoms with Crippen molar-refractivity contribution in [3.8, 4) is 0 Å². The number of carboxylic acid groups (broad SMARTS) is 1. The van der Waals surface area contributed by atoms with Gasteiger partial charge in [0.1, 0.15) is 5.69 Å². The van der Waals surface area contributed by atoms with Gasteiger partial charge >= 0.3 is 5.97 Å². The lowest BCUT2D eigenvalue weighted by Crippen LogP contribution is -2.47. The third-order valence-electron chi connectivity index (χ3n) is 5.73. The van der Waals surface area contributed by atoms with E-state index in [1.807, 2.05) is 18.2 Å². The summed E-state index contributed by atoms with van der Waals surface area (Å²) in [5, 5.41) is 14.3. The van der Waals surface area contributed by atoms with E-state index in [0.29, 0.717) is 39.7 Å². The van der Waals surface area contributed by atoms with Crippen molar-refractivity contribution in [1.82, 2.24) is 14.4 Å². The molecule has 4 rings (SSSR count). The van der Waals surface area contributed by atoms with Crippen molar-refractivity contribution in [3.63, 3.8) is 0 Å². The Bertz CT molecular complexity index is 1170. The molecule has 1 amide bonds. The number of amides is 1. The van der Waals surface area contributed by atoms with Gasteiger partial charge in [0.25, 0.3) is 0 Å². The van der Waals surface area contributed by atoms with Gasteiger partial charge in [-0.3, -0.25) is 9.69 Å². The fourth-order valence-electron chi connectivity index (χ4n) is 3.96. The number of hydrogen-bond donors (Lipinski definition) is 2. The number of hydrogen-bond acceptors (Lipinski definition) is 4. The van der Waals surface area contributed by atoms with Crippen LogP contribution in [-0.2, 0) is 11.3 Å². The molecule has 2 aromatic carbocycles. The second kappa shape index (κ2) is 9.50. The van der Waals surface area contributed by atoms with E-state index in [-0.39, 0.29) is 11.6 Å². The van der Waals surface area contributed by atoms with E-state index < -0.39 is 5.97 Å². The van der Waals surface area contributed by atoms with Gasteiger partial charge in [0, 0.05) is 38.1 Å². The van der Waals surface area contributed by atoms with Gasteiger partial charge in [0.15, 0.2) is 0 Å². The van der Waals surface area contributed by atoms with E-state index in [9.17, 15) is 14.7 Å². The number of fused-ring (bicyclic) bond motifs is 1. The highest BCUT2D eigenvalue weighted by Crippen LogP contribution is 2.29. The van der Waals surface area contributed by atoms with E-state index >= 15 is 0 Å². The minimum atomic E-state index is -1.05. The van der Waals surface area contributed by atoms with Crippen molar-refractivity contribution in [2.45, 2.75) is 6.54 Å². The van der Waals surface area contributed by atoms with Gasteiger partial charge in [-0.1, -0.05) is 35.3 Å². The van der Waals surface area contributed by atoms with Crippen molar-refractivity contribution in [1.29, 1.82) is 0 Å². The van der Waals surface area contributed by atoms with Crippen molar-refractivity contribution < 1.29 is 14.7 Å². The monoisotopic (exact) mass is 474 g/mol. The Morgan fingerprint density at radius 1 is 1.03 bits per heavy atom. The molecule has 1 fully saturated rings. The number of anilines is 1. The van der Waals surface area contributed by atoms with Crippen molar-refractivity contribution in [3.05, 3.63) is 63.8 Å². The summed E-state index contributed by atoms with van der Waals surface area (Å²) in [6.07, 6.45) is 0. The third-order valence-corrected chi connectivity index (χ3v) is 6.47. The van der Waals surface area contributed by atoms with Crippen molar-refractivity contribution in [2.75, 3.05) is 45.1 Å². The molecule has 1 aliphatic heterocycles. The smallest absolute Gasteiger partial charge is 0.352 e. The Labute approximate surface area is 196 Å². The predicted molar refractivity (Wildman–Crippen MR) is 127 cm³/mol. The third kappa shape index (κ3) is 4.91. The molecule has 0 bridgehead atoms. The summed E-state index contributed by atoms with van der Waals surface area (Å²) >= 11 is 12.1. The number of nitrogens with zero attached hydrogens (tertiary/aromatic N) is 3. The summed E-state index contributed by atoms with van der Waals surface area (Å²) in [7, 11) is 2.07. The van der Waals surface area contributed by atoms with E-state index in [4.69, 9.17) is 23.2 Å². The van der Waals surface area contributed by atoms with Gasteiger partial charge in [-0.15, -0.1) is 0 Å². The highest BCUT2D eigenvalue weighted by Gasteiger charge is 2.20. The minimum Gasteiger partial charge on any atom is -0.477 e. The second-order valence-electron chi connectivity index (χ2n) is 8.04. The first-order chi connectivity index (χ1) is 15.3.